The van der Waals surface area contributed by atoms with E-state index < -0.39 is 5.91 Å². The summed E-state index contributed by atoms with van der Waals surface area (Å²) in [6.45, 7) is 4.73. The van der Waals surface area contributed by atoms with Crippen molar-refractivity contribution >= 4 is 28.9 Å². The van der Waals surface area contributed by atoms with Gasteiger partial charge in [-0.15, -0.1) is 0 Å². The predicted molar refractivity (Wildman–Crippen MR) is 107 cm³/mol. The first-order chi connectivity index (χ1) is 13.1. The Hall–Kier alpha value is -2.74. The first kappa shape index (κ1) is 17.7. The van der Waals surface area contributed by atoms with Crippen LogP contribution in [0.2, 0.25) is 0 Å². The number of hydrogen-bond donors (Lipinski definition) is 4. The first-order valence-electron chi connectivity index (χ1n) is 9.61. The van der Waals surface area contributed by atoms with Gasteiger partial charge in [0, 0.05) is 30.5 Å². The molecule has 3 heterocycles. The molecule has 0 aliphatic carbocycles. The number of aromatic nitrogens is 2. The molecule has 1 amide bonds. The fourth-order valence-corrected chi connectivity index (χ4v) is 4.18. The van der Waals surface area contributed by atoms with E-state index in [4.69, 9.17) is 11.5 Å². The van der Waals surface area contributed by atoms with Gasteiger partial charge in [0.15, 0.2) is 5.82 Å². The minimum Gasteiger partial charge on any atom is -0.383 e. The Morgan fingerprint density at radius 2 is 1.78 bits per heavy atom. The normalized spacial score (nSPS) is 18.7. The van der Waals surface area contributed by atoms with E-state index in [0.29, 0.717) is 5.82 Å². The van der Waals surface area contributed by atoms with E-state index >= 15 is 0 Å². The highest BCUT2D eigenvalue weighted by atomic mass is 16.1. The molecule has 2 aromatic rings. The monoisotopic (exact) mass is 369 g/mol. The molecule has 0 bridgehead atoms. The van der Waals surface area contributed by atoms with Crippen LogP contribution in [0.4, 0.5) is 23.0 Å². The second kappa shape index (κ2) is 7.48. The smallest absolute Gasteiger partial charge is 0.256 e. The van der Waals surface area contributed by atoms with Gasteiger partial charge in [0.05, 0.1) is 0 Å². The second-order valence-electron chi connectivity index (χ2n) is 7.36. The van der Waals surface area contributed by atoms with Crippen molar-refractivity contribution in [2.45, 2.75) is 31.7 Å². The molecule has 1 aromatic carbocycles. The molecular weight excluding hydrogens is 342 g/mol. The number of likely N-dealkylation sites (tertiary alicyclic amines) is 1. The maximum Gasteiger partial charge on any atom is 0.256 e. The third kappa shape index (κ3) is 3.71. The summed E-state index contributed by atoms with van der Waals surface area (Å²) in [6.07, 6.45) is 5.17. The van der Waals surface area contributed by atoms with Crippen LogP contribution in [0.15, 0.2) is 24.3 Å². The van der Waals surface area contributed by atoms with Gasteiger partial charge in [0.1, 0.15) is 11.4 Å². The van der Waals surface area contributed by atoms with Crippen LogP contribution in [-0.4, -0.2) is 53.2 Å². The minimum absolute atomic E-state index is 0.169. The summed E-state index contributed by atoms with van der Waals surface area (Å²) >= 11 is 0. The van der Waals surface area contributed by atoms with Crippen LogP contribution >= 0.6 is 0 Å². The Morgan fingerprint density at radius 1 is 1.11 bits per heavy atom. The van der Waals surface area contributed by atoms with Crippen LogP contribution < -0.4 is 21.7 Å². The quantitative estimate of drug-likeness (QED) is 0.640. The molecule has 8 nitrogen and oxygen atoms in total. The molecule has 0 atom stereocenters. The highest BCUT2D eigenvalue weighted by Gasteiger charge is 2.26. The Kier molecular flexibility index (Phi) is 4.89. The van der Waals surface area contributed by atoms with Gasteiger partial charge < -0.3 is 26.6 Å². The van der Waals surface area contributed by atoms with Crippen molar-refractivity contribution in [3.63, 3.8) is 0 Å². The fraction of sp³-hybridized carbons (Fsp3) is 0.474. The summed E-state index contributed by atoms with van der Waals surface area (Å²) in [5, 5.41) is 9.70. The number of H-pyrrole nitrogens is 1. The molecule has 8 heteroatoms. The van der Waals surface area contributed by atoms with Crippen LogP contribution in [0.3, 0.4) is 0 Å². The van der Waals surface area contributed by atoms with Gasteiger partial charge in [-0.2, -0.15) is 5.10 Å². The molecule has 1 aromatic heterocycles. The molecule has 0 unspecified atom stereocenters. The van der Waals surface area contributed by atoms with Crippen molar-refractivity contribution in [1.82, 2.24) is 15.1 Å². The van der Waals surface area contributed by atoms with E-state index in [9.17, 15) is 4.79 Å². The average Bonchev–Trinajstić information content (AvgIpc) is 3.33. The lowest BCUT2D eigenvalue weighted by molar-refractivity contribution is 0.100. The van der Waals surface area contributed by atoms with Crippen molar-refractivity contribution in [2.24, 2.45) is 5.73 Å². The number of carbonyl (C=O) groups excluding carboxylic acids is 1. The lowest BCUT2D eigenvalue weighted by Crippen LogP contribution is -2.43. The standard InChI is InChI=1S/C19H27N7O/c20-17-16(18(21)27)19(24-23-17)22-13-3-5-14(6-4-13)26-11-7-15(8-12-26)25-9-1-2-10-25/h3-6,15H,1-2,7-12H2,(H2,21,27)(H4,20,22,23,24). The molecular formula is C19H27N7O. The summed E-state index contributed by atoms with van der Waals surface area (Å²) in [5.41, 5.74) is 13.3. The SMILES string of the molecule is NC(=O)c1c(Nc2ccc(N3CCC(N4CCCC4)CC3)cc2)n[nH]c1N. The van der Waals surface area contributed by atoms with Gasteiger partial charge in [-0.3, -0.25) is 9.89 Å². The van der Waals surface area contributed by atoms with Crippen molar-refractivity contribution < 1.29 is 4.79 Å². The van der Waals surface area contributed by atoms with Crippen LogP contribution in [0.25, 0.3) is 0 Å². The predicted octanol–water partition coefficient (Wildman–Crippen LogP) is 1.90. The number of nitrogens with one attached hydrogen (secondary N) is 2. The lowest BCUT2D eigenvalue weighted by Gasteiger charge is -2.37. The minimum atomic E-state index is -0.610. The van der Waals surface area contributed by atoms with E-state index in [1.807, 2.05) is 12.1 Å². The highest BCUT2D eigenvalue weighted by Crippen LogP contribution is 2.27. The van der Waals surface area contributed by atoms with E-state index in [2.05, 4.69) is 37.4 Å². The summed E-state index contributed by atoms with van der Waals surface area (Å²) < 4.78 is 0. The highest BCUT2D eigenvalue weighted by molar-refractivity contribution is 6.02. The number of amides is 1. The third-order valence-corrected chi connectivity index (χ3v) is 5.66. The maximum absolute atomic E-state index is 11.5. The zero-order chi connectivity index (χ0) is 18.8. The number of carbonyl (C=O) groups is 1. The van der Waals surface area contributed by atoms with Gasteiger partial charge in [0.2, 0.25) is 0 Å². The van der Waals surface area contributed by atoms with Gasteiger partial charge in [-0.1, -0.05) is 0 Å². The molecule has 144 valence electrons. The summed E-state index contributed by atoms with van der Waals surface area (Å²) in [7, 11) is 0. The zero-order valence-electron chi connectivity index (χ0n) is 15.4. The molecule has 0 saturated carbocycles. The number of nitrogens with two attached hydrogens (primary N) is 2. The largest absolute Gasteiger partial charge is 0.383 e. The Bertz CT molecular complexity index is 787. The topological polar surface area (TPSA) is 116 Å². The lowest BCUT2D eigenvalue weighted by atomic mass is 10.0. The number of hydrogen-bond acceptors (Lipinski definition) is 6. The van der Waals surface area contributed by atoms with Crippen LogP contribution in [0.1, 0.15) is 36.0 Å². The second-order valence-corrected chi connectivity index (χ2v) is 7.36. The van der Waals surface area contributed by atoms with Crippen molar-refractivity contribution in [3.05, 3.63) is 29.8 Å². The number of nitrogens with zero attached hydrogens (tertiary/aromatic N) is 3. The number of benzene rings is 1. The number of primary amides is 1. The van der Waals surface area contributed by atoms with Crippen molar-refractivity contribution in [3.8, 4) is 0 Å². The van der Waals surface area contributed by atoms with Crippen LogP contribution in [0.5, 0.6) is 0 Å². The average molecular weight is 369 g/mol. The van der Waals surface area contributed by atoms with E-state index in [1.54, 1.807) is 0 Å². The summed E-state index contributed by atoms with van der Waals surface area (Å²) in [5.74, 6) is -0.0945. The molecule has 6 N–H and O–H groups in total. The Morgan fingerprint density at radius 3 is 2.41 bits per heavy atom. The van der Waals surface area contributed by atoms with Gasteiger partial charge in [-0.25, -0.2) is 0 Å². The number of aromatic amines is 1. The van der Waals surface area contributed by atoms with E-state index in [1.165, 1.54) is 44.5 Å². The third-order valence-electron chi connectivity index (χ3n) is 5.66. The first-order valence-corrected chi connectivity index (χ1v) is 9.61. The molecule has 0 spiro atoms. The molecule has 4 rings (SSSR count). The van der Waals surface area contributed by atoms with Gasteiger partial charge in [-0.05, 0) is 63.0 Å². The zero-order valence-corrected chi connectivity index (χ0v) is 15.4. The molecule has 2 aliphatic rings. The van der Waals surface area contributed by atoms with E-state index in [-0.39, 0.29) is 11.4 Å². The number of anilines is 4. The molecule has 0 radical (unpaired) electrons. The number of nitrogen functional groups attached to an aromatic ring is 1. The number of piperidine rings is 1. The molecule has 27 heavy (non-hydrogen) atoms. The van der Waals surface area contributed by atoms with Crippen molar-refractivity contribution in [1.29, 1.82) is 0 Å². The summed E-state index contributed by atoms with van der Waals surface area (Å²) in [4.78, 5) is 16.6. The Balaban J connectivity index is 1.37. The van der Waals surface area contributed by atoms with Crippen molar-refractivity contribution in [2.75, 3.05) is 42.1 Å². The van der Waals surface area contributed by atoms with Gasteiger partial charge in [0.25, 0.3) is 5.91 Å². The van der Waals surface area contributed by atoms with E-state index in [0.717, 1.165) is 24.8 Å². The molecule has 2 fully saturated rings. The maximum atomic E-state index is 11.5. The summed E-state index contributed by atoms with van der Waals surface area (Å²) in [6, 6.07) is 8.91. The number of rotatable bonds is 5. The van der Waals surface area contributed by atoms with Gasteiger partial charge >= 0.3 is 0 Å². The Labute approximate surface area is 158 Å². The van der Waals surface area contributed by atoms with Crippen LogP contribution in [-0.2, 0) is 0 Å². The molecule has 2 saturated heterocycles. The molecule has 2 aliphatic heterocycles. The fourth-order valence-electron chi connectivity index (χ4n) is 4.18. The van der Waals surface area contributed by atoms with Crippen LogP contribution in [0, 0.1) is 0 Å².